The molecule has 3 aromatic carbocycles. The lowest BCUT2D eigenvalue weighted by molar-refractivity contribution is -0.127. The van der Waals surface area contributed by atoms with Crippen LogP contribution < -0.4 is 15.4 Å². The highest BCUT2D eigenvalue weighted by molar-refractivity contribution is 5.89. The van der Waals surface area contributed by atoms with Gasteiger partial charge in [0.25, 0.3) is 5.91 Å². The number of carbonyl (C=O) groups is 3. The van der Waals surface area contributed by atoms with Gasteiger partial charge in [0, 0.05) is 19.5 Å². The molecule has 46 heavy (non-hydrogen) atoms. The molecule has 4 rings (SSSR count). The average Bonchev–Trinajstić information content (AvgIpc) is 3.02. The fourth-order valence-corrected chi connectivity index (χ4v) is 6.48. The maximum Gasteiger partial charge on any atom is 0.318 e. The van der Waals surface area contributed by atoms with Gasteiger partial charge in [0.15, 0.2) is 12.4 Å². The van der Waals surface area contributed by atoms with Crippen LogP contribution in [0, 0.1) is 25.7 Å². The largest absolute Gasteiger partial charge is 0.483 e. The summed E-state index contributed by atoms with van der Waals surface area (Å²) in [5, 5.41) is 17.7. The van der Waals surface area contributed by atoms with Crippen LogP contribution in [0.3, 0.4) is 0 Å². The minimum absolute atomic E-state index is 0.00849. The topological polar surface area (TPSA) is 108 Å². The van der Waals surface area contributed by atoms with E-state index in [1.165, 1.54) is 0 Å². The second kappa shape index (κ2) is 16.9. The Balaban J connectivity index is 1.52. The van der Waals surface area contributed by atoms with E-state index in [4.69, 9.17) is 4.74 Å². The van der Waals surface area contributed by atoms with E-state index in [-0.39, 0.29) is 42.6 Å². The molecule has 0 radical (unpaired) electrons. The number of urea groups is 1. The minimum atomic E-state index is -0.929. The van der Waals surface area contributed by atoms with E-state index in [1.807, 2.05) is 107 Å². The molecule has 0 bridgehead atoms. The maximum atomic E-state index is 13.9. The molecule has 3 amide bonds. The summed E-state index contributed by atoms with van der Waals surface area (Å²) >= 11 is 0. The van der Waals surface area contributed by atoms with Crippen molar-refractivity contribution in [1.29, 1.82) is 0 Å². The number of nitrogens with zero attached hydrogens (tertiary/aromatic N) is 1. The maximum absolute atomic E-state index is 13.9. The van der Waals surface area contributed by atoms with Crippen molar-refractivity contribution in [3.63, 3.8) is 0 Å². The van der Waals surface area contributed by atoms with Crippen molar-refractivity contribution < 1.29 is 24.2 Å². The third-order valence-electron chi connectivity index (χ3n) is 8.71. The van der Waals surface area contributed by atoms with Gasteiger partial charge in [-0.1, -0.05) is 92.7 Å². The molecule has 4 atom stereocenters. The van der Waals surface area contributed by atoms with Crippen LogP contribution in [-0.4, -0.2) is 65.6 Å². The van der Waals surface area contributed by atoms with Crippen molar-refractivity contribution >= 4 is 17.7 Å². The summed E-state index contributed by atoms with van der Waals surface area (Å²) in [6.07, 6.45) is 1.38. The van der Waals surface area contributed by atoms with E-state index in [2.05, 4.69) is 10.6 Å². The molecule has 8 nitrogen and oxygen atoms in total. The number of ether oxygens (including phenoxy) is 1. The highest BCUT2D eigenvalue weighted by Crippen LogP contribution is 2.26. The lowest BCUT2D eigenvalue weighted by Crippen LogP contribution is -2.55. The first-order chi connectivity index (χ1) is 22.1. The highest BCUT2D eigenvalue weighted by atomic mass is 16.5. The number of nitrogens with one attached hydrogen (secondary N) is 2. The van der Waals surface area contributed by atoms with Crippen molar-refractivity contribution in [3.05, 3.63) is 101 Å². The predicted octanol–water partition coefficient (Wildman–Crippen LogP) is 5.42. The Morgan fingerprint density at radius 1 is 0.913 bits per heavy atom. The van der Waals surface area contributed by atoms with Gasteiger partial charge in [0.1, 0.15) is 5.75 Å². The van der Waals surface area contributed by atoms with Gasteiger partial charge in [-0.05, 0) is 73.6 Å². The predicted molar refractivity (Wildman–Crippen MR) is 181 cm³/mol. The Hall–Kier alpha value is -4.17. The molecule has 1 saturated heterocycles. The molecule has 4 unspecified atom stereocenters. The number of Topliss-reactive ketones (excluding diaryl/α,β-unsaturated/α-hetero) is 1. The Bertz CT molecular complexity index is 1410. The Labute approximate surface area is 273 Å². The van der Waals surface area contributed by atoms with Crippen molar-refractivity contribution in [2.75, 3.05) is 19.7 Å². The molecular weight excluding hydrogens is 578 g/mol. The van der Waals surface area contributed by atoms with Crippen LogP contribution in [0.1, 0.15) is 55.4 Å². The summed E-state index contributed by atoms with van der Waals surface area (Å²) in [7, 11) is 0. The number of para-hydroxylation sites is 1. The van der Waals surface area contributed by atoms with E-state index in [0.29, 0.717) is 38.1 Å². The van der Waals surface area contributed by atoms with Gasteiger partial charge in [-0.15, -0.1) is 0 Å². The molecule has 3 N–H and O–H groups in total. The van der Waals surface area contributed by atoms with E-state index >= 15 is 0 Å². The van der Waals surface area contributed by atoms with Crippen LogP contribution >= 0.6 is 0 Å². The quantitative estimate of drug-likeness (QED) is 0.197. The standard InChI is InChI=1S/C38H49N3O5/c1-26(2)36(41-20-12-19-39-38(41)45)34(43)24-31(21-29-15-7-5-8-16-29)23-33(42)32(22-30-17-9-6-10-18-30)40-35(44)25-46-37-27(3)13-11-14-28(37)4/h5-11,13-18,26,31-33,36,42H,12,19-25H2,1-4H3,(H,39,45)(H,40,44). The van der Waals surface area contributed by atoms with E-state index < -0.39 is 18.2 Å². The number of aliphatic hydroxyl groups is 1. The van der Waals surface area contributed by atoms with Gasteiger partial charge < -0.3 is 25.4 Å². The Morgan fingerprint density at radius 3 is 2.11 bits per heavy atom. The second-order valence-electron chi connectivity index (χ2n) is 12.9. The first kappa shape index (κ1) is 34.7. The first-order valence-electron chi connectivity index (χ1n) is 16.4. The van der Waals surface area contributed by atoms with Gasteiger partial charge in [0.05, 0.1) is 18.2 Å². The Morgan fingerprint density at radius 2 is 1.52 bits per heavy atom. The molecule has 1 aliphatic rings. The van der Waals surface area contributed by atoms with Crippen molar-refractivity contribution in [2.45, 2.75) is 78.0 Å². The third kappa shape index (κ3) is 9.91. The molecule has 8 heteroatoms. The number of carbonyl (C=O) groups excluding carboxylic acids is 3. The number of benzene rings is 3. The van der Waals surface area contributed by atoms with Crippen LogP contribution in [0.5, 0.6) is 5.75 Å². The van der Waals surface area contributed by atoms with Gasteiger partial charge >= 0.3 is 6.03 Å². The van der Waals surface area contributed by atoms with Crippen molar-refractivity contribution in [1.82, 2.24) is 15.5 Å². The molecule has 1 heterocycles. The number of aryl methyl sites for hydroxylation is 2. The van der Waals surface area contributed by atoms with E-state index in [0.717, 1.165) is 28.7 Å². The van der Waals surface area contributed by atoms with Crippen LogP contribution in [0.4, 0.5) is 4.79 Å². The number of aliphatic hydroxyl groups excluding tert-OH is 1. The van der Waals surface area contributed by atoms with Crippen molar-refractivity contribution in [2.24, 2.45) is 11.8 Å². The summed E-state index contributed by atoms with van der Waals surface area (Å²) in [4.78, 5) is 41.5. The number of ketones is 1. The van der Waals surface area contributed by atoms with Crippen LogP contribution in [-0.2, 0) is 22.4 Å². The van der Waals surface area contributed by atoms with Gasteiger partial charge in [-0.3, -0.25) is 9.59 Å². The van der Waals surface area contributed by atoms with Gasteiger partial charge in [-0.25, -0.2) is 4.79 Å². The summed E-state index contributed by atoms with van der Waals surface area (Å²) in [5.41, 5.74) is 3.94. The summed E-state index contributed by atoms with van der Waals surface area (Å²) in [6.45, 7) is 8.80. The first-order valence-corrected chi connectivity index (χ1v) is 16.4. The SMILES string of the molecule is Cc1cccc(C)c1OCC(=O)NC(Cc1ccccc1)C(O)CC(CC(=O)C(C(C)C)N1CCCNC1=O)Cc1ccccc1. The molecule has 1 fully saturated rings. The van der Waals surface area contributed by atoms with Gasteiger partial charge in [0.2, 0.25) is 0 Å². The molecule has 0 aromatic heterocycles. The van der Waals surface area contributed by atoms with Crippen LogP contribution in [0.25, 0.3) is 0 Å². The molecule has 3 aromatic rings. The molecule has 0 aliphatic carbocycles. The monoisotopic (exact) mass is 627 g/mol. The average molecular weight is 628 g/mol. The summed E-state index contributed by atoms with van der Waals surface area (Å²) < 4.78 is 5.91. The Kier molecular flexibility index (Phi) is 12.8. The smallest absolute Gasteiger partial charge is 0.318 e. The lowest BCUT2D eigenvalue weighted by atomic mass is 9.83. The summed E-state index contributed by atoms with van der Waals surface area (Å²) in [6, 6.07) is 24.2. The zero-order chi connectivity index (χ0) is 33.1. The lowest BCUT2D eigenvalue weighted by Gasteiger charge is -2.37. The number of amides is 3. The molecule has 1 aliphatic heterocycles. The zero-order valence-corrected chi connectivity index (χ0v) is 27.6. The molecule has 0 spiro atoms. The fourth-order valence-electron chi connectivity index (χ4n) is 6.48. The normalized spacial score (nSPS) is 15.9. The second-order valence-corrected chi connectivity index (χ2v) is 12.9. The van der Waals surface area contributed by atoms with E-state index in [1.54, 1.807) is 4.90 Å². The molecule has 246 valence electrons. The molecule has 0 saturated carbocycles. The third-order valence-corrected chi connectivity index (χ3v) is 8.71. The highest BCUT2D eigenvalue weighted by Gasteiger charge is 2.35. The number of rotatable bonds is 16. The van der Waals surface area contributed by atoms with Crippen LogP contribution in [0.2, 0.25) is 0 Å². The van der Waals surface area contributed by atoms with Crippen molar-refractivity contribution in [3.8, 4) is 5.75 Å². The number of hydrogen-bond donors (Lipinski definition) is 3. The van der Waals surface area contributed by atoms with Crippen LogP contribution in [0.15, 0.2) is 78.9 Å². The molecular formula is C38H49N3O5. The zero-order valence-electron chi connectivity index (χ0n) is 27.6. The van der Waals surface area contributed by atoms with E-state index in [9.17, 15) is 19.5 Å². The minimum Gasteiger partial charge on any atom is -0.483 e. The number of hydrogen-bond acceptors (Lipinski definition) is 5. The summed E-state index contributed by atoms with van der Waals surface area (Å²) in [5.74, 6) is 0.0853. The van der Waals surface area contributed by atoms with Gasteiger partial charge in [-0.2, -0.15) is 0 Å². The fraction of sp³-hybridized carbons (Fsp3) is 0.447.